The van der Waals surface area contributed by atoms with Crippen molar-refractivity contribution in [1.29, 1.82) is 0 Å². The van der Waals surface area contributed by atoms with Gasteiger partial charge in [-0.3, -0.25) is 4.79 Å². The Hall–Kier alpha value is -1.11. The molecule has 0 radical (unpaired) electrons. The molecule has 8 heteroatoms. The molecule has 0 spiro atoms. The second kappa shape index (κ2) is 7.87. The van der Waals surface area contributed by atoms with Gasteiger partial charge in [0.1, 0.15) is 10.3 Å². The van der Waals surface area contributed by atoms with Crippen molar-refractivity contribution in [2.75, 3.05) is 6.61 Å². The van der Waals surface area contributed by atoms with Crippen LogP contribution in [0.3, 0.4) is 0 Å². The fourth-order valence-corrected chi connectivity index (χ4v) is 4.12. The average Bonchev–Trinajstić information content (AvgIpc) is 2.97. The Bertz CT molecular complexity index is 744. The Labute approximate surface area is 167 Å². The van der Waals surface area contributed by atoms with Gasteiger partial charge in [-0.1, -0.05) is 29.3 Å². The van der Waals surface area contributed by atoms with Crippen molar-refractivity contribution in [3.63, 3.8) is 0 Å². The van der Waals surface area contributed by atoms with Crippen molar-refractivity contribution in [2.45, 2.75) is 42.6 Å². The topological polar surface area (TPSA) is 74.2 Å². The van der Waals surface area contributed by atoms with Gasteiger partial charge in [-0.2, -0.15) is 0 Å². The minimum atomic E-state index is -0.528. The quantitative estimate of drug-likeness (QED) is 0.521. The molecule has 1 fully saturated rings. The Balaban J connectivity index is 1.82. The molecule has 26 heavy (non-hydrogen) atoms. The Morgan fingerprint density at radius 1 is 1.42 bits per heavy atom. The highest BCUT2D eigenvalue weighted by Gasteiger charge is 2.39. The van der Waals surface area contributed by atoms with Gasteiger partial charge in [-0.25, -0.2) is 4.98 Å². The first-order chi connectivity index (χ1) is 12.3. The molecule has 1 aliphatic carbocycles. The molecule has 1 aromatic rings. The van der Waals surface area contributed by atoms with Gasteiger partial charge in [0.25, 0.3) is 0 Å². The number of allylic oxidation sites excluding steroid dienone is 3. The highest BCUT2D eigenvalue weighted by atomic mass is 35.5. The monoisotopic (exact) mass is 415 g/mol. The summed E-state index contributed by atoms with van der Waals surface area (Å²) in [5, 5.41) is 16.2. The largest absolute Gasteiger partial charge is 0.395 e. The number of nitrogens with zero attached hydrogens (tertiary/aromatic N) is 1. The van der Waals surface area contributed by atoms with Crippen LogP contribution in [-0.4, -0.2) is 39.6 Å². The zero-order valence-electron chi connectivity index (χ0n) is 14.2. The van der Waals surface area contributed by atoms with E-state index >= 15 is 0 Å². The van der Waals surface area contributed by atoms with Gasteiger partial charge in [-0.05, 0) is 49.6 Å². The third-order valence-corrected chi connectivity index (χ3v) is 5.26. The lowest BCUT2D eigenvalue weighted by Gasteiger charge is -2.24. The van der Waals surface area contributed by atoms with Crippen LogP contribution in [0.15, 0.2) is 36.1 Å². The van der Waals surface area contributed by atoms with Crippen LogP contribution in [0.4, 0.5) is 0 Å². The van der Waals surface area contributed by atoms with Gasteiger partial charge < -0.3 is 15.7 Å². The number of aliphatic hydroxyl groups excluding tert-OH is 1. The number of halogens is 3. The fourth-order valence-electron chi connectivity index (χ4n) is 3.44. The molecule has 2 aliphatic rings. The first kappa shape index (κ1) is 19.6. The van der Waals surface area contributed by atoms with Crippen LogP contribution >= 0.6 is 34.8 Å². The maximum Gasteiger partial charge on any atom is 0.242 e. The van der Waals surface area contributed by atoms with Crippen LogP contribution in [0.1, 0.15) is 31.2 Å². The number of hydrogen-bond donors (Lipinski definition) is 3. The Morgan fingerprint density at radius 3 is 2.73 bits per heavy atom. The molecular formula is C18H20Cl3N3O2. The average molecular weight is 417 g/mol. The first-order valence-electron chi connectivity index (χ1n) is 8.36. The van der Waals surface area contributed by atoms with E-state index < -0.39 is 10.9 Å². The molecule has 5 nitrogen and oxygen atoms in total. The minimum absolute atomic E-state index is 0.0603. The van der Waals surface area contributed by atoms with Gasteiger partial charge >= 0.3 is 0 Å². The predicted octanol–water partition coefficient (Wildman–Crippen LogP) is 3.15. The maximum atomic E-state index is 12.9. The number of nitrogens with one attached hydrogen (secondary N) is 2. The number of pyridine rings is 1. The number of carbonyl (C=O) groups is 1. The lowest BCUT2D eigenvalue weighted by atomic mass is 9.91. The van der Waals surface area contributed by atoms with E-state index in [2.05, 4.69) is 15.6 Å². The van der Waals surface area contributed by atoms with Crippen molar-refractivity contribution in [1.82, 2.24) is 15.6 Å². The van der Waals surface area contributed by atoms with E-state index in [1.807, 2.05) is 25.2 Å². The molecule has 4 atom stereocenters. The van der Waals surface area contributed by atoms with E-state index in [4.69, 9.17) is 34.8 Å². The van der Waals surface area contributed by atoms with Crippen molar-refractivity contribution >= 4 is 40.7 Å². The summed E-state index contributed by atoms with van der Waals surface area (Å²) in [6.45, 7) is 1.83. The number of aliphatic hydroxyl groups is 1. The molecule has 1 saturated heterocycles. The molecule has 2 heterocycles. The van der Waals surface area contributed by atoms with Crippen molar-refractivity contribution < 1.29 is 9.90 Å². The third kappa shape index (κ3) is 4.59. The summed E-state index contributed by atoms with van der Waals surface area (Å²) < 4.78 is 0. The second-order valence-electron chi connectivity index (χ2n) is 6.89. The third-order valence-electron chi connectivity index (χ3n) is 4.61. The van der Waals surface area contributed by atoms with E-state index in [9.17, 15) is 9.90 Å². The lowest BCUT2D eigenvalue weighted by Crippen LogP contribution is -2.45. The summed E-state index contributed by atoms with van der Waals surface area (Å²) in [6, 6.07) is 2.69. The molecule has 0 saturated carbocycles. The number of rotatable bonds is 4. The summed E-state index contributed by atoms with van der Waals surface area (Å²) in [5.74, 6) is -0.374. The molecule has 1 aromatic heterocycles. The highest BCUT2D eigenvalue weighted by Crippen LogP contribution is 2.34. The van der Waals surface area contributed by atoms with Crippen LogP contribution < -0.4 is 10.6 Å². The van der Waals surface area contributed by atoms with Crippen LogP contribution in [-0.2, 0) is 4.79 Å². The highest BCUT2D eigenvalue weighted by molar-refractivity contribution is 6.32. The van der Waals surface area contributed by atoms with E-state index in [-0.39, 0.29) is 34.8 Å². The van der Waals surface area contributed by atoms with Gasteiger partial charge in [0.2, 0.25) is 5.91 Å². The second-order valence-corrected chi connectivity index (χ2v) is 8.52. The van der Waals surface area contributed by atoms with E-state index in [1.165, 1.54) is 0 Å². The SMILES string of the molecule is CC1(Cl)C=C(NC(=O)C2N[C@@H](CO)CC2c2cc(Cl)nc(Cl)c2)C=CC1. The zero-order valence-corrected chi connectivity index (χ0v) is 16.4. The summed E-state index contributed by atoms with van der Waals surface area (Å²) in [7, 11) is 0. The van der Waals surface area contributed by atoms with E-state index in [0.717, 1.165) is 5.56 Å². The molecule has 3 N–H and O–H groups in total. The van der Waals surface area contributed by atoms with Crippen LogP contribution in [0.25, 0.3) is 0 Å². The normalized spacial score (nSPS) is 31.0. The van der Waals surface area contributed by atoms with E-state index in [0.29, 0.717) is 18.5 Å². The van der Waals surface area contributed by atoms with Crippen molar-refractivity contribution in [2.24, 2.45) is 0 Å². The number of amides is 1. The number of carbonyl (C=O) groups excluding carboxylic acids is 1. The number of hydrogen-bond acceptors (Lipinski definition) is 4. The molecule has 1 amide bonds. The van der Waals surface area contributed by atoms with Crippen LogP contribution in [0.2, 0.25) is 10.3 Å². The fraction of sp³-hybridized carbons (Fsp3) is 0.444. The predicted molar refractivity (Wildman–Crippen MR) is 104 cm³/mol. The summed E-state index contributed by atoms with van der Waals surface area (Å²) >= 11 is 18.4. The van der Waals surface area contributed by atoms with Crippen molar-refractivity contribution in [3.8, 4) is 0 Å². The van der Waals surface area contributed by atoms with Crippen LogP contribution in [0.5, 0.6) is 0 Å². The van der Waals surface area contributed by atoms with Gasteiger partial charge in [0.15, 0.2) is 0 Å². The molecule has 1 aliphatic heterocycles. The van der Waals surface area contributed by atoms with Gasteiger partial charge in [0, 0.05) is 17.7 Å². The van der Waals surface area contributed by atoms with Crippen molar-refractivity contribution in [3.05, 3.63) is 51.9 Å². The molecular weight excluding hydrogens is 397 g/mol. The Morgan fingerprint density at radius 2 is 2.12 bits per heavy atom. The number of alkyl halides is 1. The molecule has 3 rings (SSSR count). The van der Waals surface area contributed by atoms with Crippen LogP contribution in [0, 0.1) is 0 Å². The molecule has 140 valence electrons. The summed E-state index contributed by atoms with van der Waals surface area (Å²) in [5.41, 5.74) is 1.48. The molecule has 0 bridgehead atoms. The molecule has 3 unspecified atom stereocenters. The Kier molecular flexibility index (Phi) is 5.94. The minimum Gasteiger partial charge on any atom is -0.395 e. The standard InChI is InChI=1S/C18H20Cl3N3O2/c1-18(21)4-2-3-11(8-18)23-17(26)16-13(7-12(9-25)22-16)10-5-14(19)24-15(20)6-10/h2-3,5-6,8,12-13,16,22,25H,4,7,9H2,1H3,(H,23,26)/t12-,13?,16?,18?/m1/s1. The van der Waals surface area contributed by atoms with Gasteiger partial charge in [-0.15, -0.1) is 11.6 Å². The molecule has 0 aromatic carbocycles. The number of aromatic nitrogens is 1. The maximum absolute atomic E-state index is 12.9. The van der Waals surface area contributed by atoms with E-state index in [1.54, 1.807) is 12.1 Å². The smallest absolute Gasteiger partial charge is 0.242 e. The summed E-state index contributed by atoms with van der Waals surface area (Å²) in [6.07, 6.45) is 6.91. The lowest BCUT2D eigenvalue weighted by molar-refractivity contribution is -0.122. The zero-order chi connectivity index (χ0) is 18.9. The summed E-state index contributed by atoms with van der Waals surface area (Å²) in [4.78, 5) is 16.3. The van der Waals surface area contributed by atoms with Gasteiger partial charge in [0.05, 0.1) is 17.5 Å². The first-order valence-corrected chi connectivity index (χ1v) is 9.50.